The molecule has 4 aromatic rings. The highest BCUT2D eigenvalue weighted by Gasteiger charge is 2.56. The summed E-state index contributed by atoms with van der Waals surface area (Å²) in [5.74, 6) is 1.48. The third-order valence-corrected chi connectivity index (χ3v) is 7.35. The third kappa shape index (κ3) is 3.72. The molecule has 1 aliphatic carbocycles. The van der Waals surface area contributed by atoms with Crippen LogP contribution in [0.25, 0.3) is 22.1 Å². The van der Waals surface area contributed by atoms with Gasteiger partial charge in [0.15, 0.2) is 0 Å². The van der Waals surface area contributed by atoms with Gasteiger partial charge in [-0.05, 0) is 59.0 Å². The van der Waals surface area contributed by atoms with Crippen LogP contribution >= 0.6 is 15.9 Å². The maximum Gasteiger partial charge on any atom is 0.248 e. The number of pyridine rings is 2. The number of nitrogen functional groups attached to an aromatic ring is 1. The van der Waals surface area contributed by atoms with Gasteiger partial charge in [0.2, 0.25) is 11.8 Å². The van der Waals surface area contributed by atoms with Crippen molar-refractivity contribution in [3.8, 4) is 0 Å². The van der Waals surface area contributed by atoms with Crippen LogP contribution in [0.15, 0.2) is 41.3 Å². The van der Waals surface area contributed by atoms with Crippen LogP contribution in [0.4, 0.5) is 17.5 Å². The Morgan fingerprint density at radius 3 is 2.78 bits per heavy atom. The number of nitrogens with zero attached hydrogens (tertiary/aromatic N) is 7. The number of aromatic nitrogens is 5. The lowest BCUT2D eigenvalue weighted by Crippen LogP contribution is -2.46. The summed E-state index contributed by atoms with van der Waals surface area (Å²) in [6.45, 7) is 0.0155. The average Bonchev–Trinajstić information content (AvgIpc) is 3.39. The van der Waals surface area contributed by atoms with Gasteiger partial charge in [-0.2, -0.15) is 0 Å². The number of hydrogen-bond donors (Lipinski definition) is 2. The molecule has 0 aromatic carbocycles. The number of hydrogen-bond acceptors (Lipinski definition) is 8. The van der Waals surface area contributed by atoms with Crippen molar-refractivity contribution in [3.63, 3.8) is 0 Å². The Labute approximate surface area is 214 Å². The van der Waals surface area contributed by atoms with Crippen LogP contribution in [-0.4, -0.2) is 67.4 Å². The molecule has 2 amide bonds. The fraction of sp³-hybridized carbons (Fsp3) is 0.333. The van der Waals surface area contributed by atoms with E-state index in [1.54, 1.807) is 23.1 Å². The Morgan fingerprint density at radius 1 is 1.17 bits per heavy atom. The van der Waals surface area contributed by atoms with E-state index >= 15 is 0 Å². The lowest BCUT2D eigenvalue weighted by molar-refractivity contribution is -0.138. The predicted molar refractivity (Wildman–Crippen MR) is 139 cm³/mol. The smallest absolute Gasteiger partial charge is 0.248 e. The molecule has 4 aromatic heterocycles. The zero-order valence-corrected chi connectivity index (χ0v) is 21.3. The van der Waals surface area contributed by atoms with Crippen LogP contribution in [0.2, 0.25) is 0 Å². The van der Waals surface area contributed by atoms with Crippen molar-refractivity contribution in [1.29, 1.82) is 0 Å². The molecule has 11 nitrogen and oxygen atoms in total. The SMILES string of the molecule is CN(C)c1ccc2c(n1)c1c(N)ncnc1n2CC(=O)N1[C@@H]2C[C@@H]2C[C@H]1C(=O)Nc1cccc(Br)n1. The van der Waals surface area contributed by atoms with Crippen LogP contribution < -0.4 is 16.0 Å². The molecule has 12 heteroatoms. The number of piperidine rings is 1. The second kappa shape index (κ2) is 8.40. The van der Waals surface area contributed by atoms with Crippen LogP contribution in [-0.2, 0) is 16.1 Å². The van der Waals surface area contributed by atoms with Crippen molar-refractivity contribution in [3.05, 3.63) is 41.3 Å². The molecule has 2 fully saturated rings. The maximum atomic E-state index is 13.7. The molecule has 5 heterocycles. The van der Waals surface area contributed by atoms with Gasteiger partial charge in [-0.1, -0.05) is 6.07 Å². The highest BCUT2D eigenvalue weighted by Crippen LogP contribution is 2.48. The lowest BCUT2D eigenvalue weighted by Gasteiger charge is -2.27. The van der Waals surface area contributed by atoms with Gasteiger partial charge in [0.25, 0.3) is 0 Å². The zero-order valence-electron chi connectivity index (χ0n) is 19.7. The Kier molecular flexibility index (Phi) is 5.29. The van der Waals surface area contributed by atoms with Crippen molar-refractivity contribution in [2.75, 3.05) is 30.0 Å². The minimum atomic E-state index is -0.548. The Morgan fingerprint density at radius 2 is 2.00 bits per heavy atom. The zero-order chi connectivity index (χ0) is 25.1. The van der Waals surface area contributed by atoms with E-state index in [1.807, 2.05) is 35.7 Å². The van der Waals surface area contributed by atoms with E-state index in [0.29, 0.717) is 45.1 Å². The Balaban J connectivity index is 1.33. The first-order valence-electron chi connectivity index (χ1n) is 11.6. The minimum Gasteiger partial charge on any atom is -0.383 e. The van der Waals surface area contributed by atoms with Crippen molar-refractivity contribution < 1.29 is 9.59 Å². The van der Waals surface area contributed by atoms with Crippen LogP contribution in [0.3, 0.4) is 0 Å². The lowest BCUT2D eigenvalue weighted by atomic mass is 10.1. The molecular formula is C24H24BrN9O2. The van der Waals surface area contributed by atoms with E-state index in [0.717, 1.165) is 17.8 Å². The molecule has 0 radical (unpaired) electrons. The van der Waals surface area contributed by atoms with E-state index in [4.69, 9.17) is 10.7 Å². The molecule has 2 aliphatic rings. The van der Waals surface area contributed by atoms with E-state index < -0.39 is 6.04 Å². The Bertz CT molecular complexity index is 1540. The monoisotopic (exact) mass is 549 g/mol. The number of rotatable bonds is 5. The number of fused-ring (bicyclic) bond motifs is 4. The fourth-order valence-electron chi connectivity index (χ4n) is 5.14. The molecule has 1 saturated heterocycles. The molecule has 0 unspecified atom stereocenters. The standard InChI is InChI=1S/C24H24BrN9O2/c1-32(2)18-7-6-13-21(31-18)20-22(26)27-11-28-23(20)33(13)10-19(35)34-14-8-12(14)9-15(34)24(36)30-17-5-3-4-16(25)29-17/h3-7,11-12,14-15H,8-10H2,1-2H3,(H2,26,27,28)(H,29,30,36)/t12-,14-,15+/m1/s1. The maximum absolute atomic E-state index is 13.7. The van der Waals surface area contributed by atoms with Gasteiger partial charge in [0.1, 0.15) is 52.1 Å². The first-order valence-corrected chi connectivity index (χ1v) is 12.4. The summed E-state index contributed by atoms with van der Waals surface area (Å²) in [5, 5.41) is 3.48. The second-order valence-corrected chi connectivity index (χ2v) is 10.2. The molecule has 3 N–H and O–H groups in total. The summed E-state index contributed by atoms with van der Waals surface area (Å²) in [5.41, 5.74) is 8.13. The summed E-state index contributed by atoms with van der Waals surface area (Å²) in [4.78, 5) is 48.1. The predicted octanol–water partition coefficient (Wildman–Crippen LogP) is 2.41. The summed E-state index contributed by atoms with van der Waals surface area (Å²) < 4.78 is 2.44. The third-order valence-electron chi connectivity index (χ3n) is 6.91. The highest BCUT2D eigenvalue weighted by atomic mass is 79.9. The number of amides is 2. The fourth-order valence-corrected chi connectivity index (χ4v) is 5.48. The van der Waals surface area contributed by atoms with Gasteiger partial charge in [-0.3, -0.25) is 9.59 Å². The summed E-state index contributed by atoms with van der Waals surface area (Å²) in [6.07, 6.45) is 2.95. The largest absolute Gasteiger partial charge is 0.383 e. The molecule has 36 heavy (non-hydrogen) atoms. The number of likely N-dealkylation sites (tertiary alicyclic amines) is 1. The van der Waals surface area contributed by atoms with Crippen LogP contribution in [0.5, 0.6) is 0 Å². The molecule has 0 spiro atoms. The van der Waals surface area contributed by atoms with E-state index in [1.165, 1.54) is 6.33 Å². The van der Waals surface area contributed by atoms with E-state index in [2.05, 4.69) is 36.2 Å². The number of halogens is 1. The van der Waals surface area contributed by atoms with Crippen molar-refractivity contribution in [2.45, 2.75) is 31.5 Å². The number of carbonyl (C=O) groups is 2. The summed E-state index contributed by atoms with van der Waals surface area (Å²) in [6, 6.07) is 8.64. The molecule has 1 aliphatic heterocycles. The van der Waals surface area contributed by atoms with Crippen molar-refractivity contribution >= 4 is 67.3 Å². The van der Waals surface area contributed by atoms with Gasteiger partial charge in [-0.25, -0.2) is 19.9 Å². The number of anilines is 3. The van der Waals surface area contributed by atoms with Gasteiger partial charge >= 0.3 is 0 Å². The molecule has 184 valence electrons. The van der Waals surface area contributed by atoms with Gasteiger partial charge < -0.3 is 25.4 Å². The Hall–Kier alpha value is -3.80. The van der Waals surface area contributed by atoms with Gasteiger partial charge in [0, 0.05) is 20.1 Å². The van der Waals surface area contributed by atoms with Crippen LogP contribution in [0.1, 0.15) is 12.8 Å². The molecular weight excluding hydrogens is 526 g/mol. The van der Waals surface area contributed by atoms with Crippen molar-refractivity contribution in [2.24, 2.45) is 5.92 Å². The normalized spacial score (nSPS) is 20.5. The number of nitrogens with two attached hydrogens (primary N) is 1. The molecule has 0 bridgehead atoms. The van der Waals surface area contributed by atoms with Gasteiger partial charge in [0.05, 0.1) is 10.9 Å². The second-order valence-electron chi connectivity index (χ2n) is 9.43. The topological polar surface area (TPSA) is 135 Å². The van der Waals surface area contributed by atoms with Crippen molar-refractivity contribution in [1.82, 2.24) is 29.4 Å². The minimum absolute atomic E-state index is 0.0155. The molecule has 1 saturated carbocycles. The molecule has 3 atom stereocenters. The first kappa shape index (κ1) is 22.7. The summed E-state index contributed by atoms with van der Waals surface area (Å²) >= 11 is 3.32. The van der Waals surface area contributed by atoms with Gasteiger partial charge in [-0.15, -0.1) is 0 Å². The molecule has 6 rings (SSSR count). The number of nitrogens with one attached hydrogen (secondary N) is 1. The van der Waals surface area contributed by atoms with Crippen LogP contribution in [0, 0.1) is 5.92 Å². The highest BCUT2D eigenvalue weighted by molar-refractivity contribution is 9.10. The quantitative estimate of drug-likeness (QED) is 0.362. The van der Waals surface area contributed by atoms with E-state index in [-0.39, 0.29) is 24.4 Å². The number of carbonyl (C=O) groups excluding carboxylic acids is 2. The summed E-state index contributed by atoms with van der Waals surface area (Å²) in [7, 11) is 3.82. The first-order chi connectivity index (χ1) is 17.3. The average molecular weight is 550 g/mol. The van der Waals surface area contributed by atoms with E-state index in [9.17, 15) is 9.59 Å².